The molecule has 14 heavy (non-hydrogen) atoms. The highest BCUT2D eigenvalue weighted by atomic mass is 28.1. The summed E-state index contributed by atoms with van der Waals surface area (Å²) in [5.74, 6) is -1.31. The van der Waals surface area contributed by atoms with Gasteiger partial charge < -0.3 is 20.1 Å². The highest BCUT2D eigenvalue weighted by Gasteiger charge is 2.21. The molecule has 3 N–H and O–H groups in total. The molecule has 0 unspecified atom stereocenters. The first-order chi connectivity index (χ1) is 6.50. The second-order valence-electron chi connectivity index (χ2n) is 2.86. The lowest BCUT2D eigenvalue weighted by atomic mass is 10.2. The summed E-state index contributed by atoms with van der Waals surface area (Å²) in [7, 11) is 1.04. The molecule has 0 aliphatic carbocycles. The molecule has 0 saturated carbocycles. The Morgan fingerprint density at radius 2 is 2.07 bits per heavy atom. The fourth-order valence-electron chi connectivity index (χ4n) is 0.827. The Morgan fingerprint density at radius 3 is 2.43 bits per heavy atom. The zero-order chi connectivity index (χ0) is 11.1. The fraction of sp³-hybridized carbons (Fsp3) is 0.625. The second kappa shape index (κ2) is 6.58. The second-order valence-corrected chi connectivity index (χ2v) is 3.86. The quantitative estimate of drug-likeness (QED) is 0.136. The molecule has 0 rings (SSSR count). The van der Waals surface area contributed by atoms with Crippen LogP contribution in [0.2, 0.25) is 6.04 Å². The van der Waals surface area contributed by atoms with Gasteiger partial charge in [0.2, 0.25) is 0 Å². The molecule has 82 valence electrons. The van der Waals surface area contributed by atoms with Gasteiger partial charge in [0.05, 0.1) is 6.61 Å². The number of hydrogen-bond donors (Lipinski definition) is 3. The normalized spacial score (nSPS) is 12.9. The van der Waals surface area contributed by atoms with Crippen LogP contribution in [0.3, 0.4) is 0 Å². The van der Waals surface area contributed by atoms with Gasteiger partial charge in [-0.2, -0.15) is 0 Å². The van der Waals surface area contributed by atoms with Crippen molar-refractivity contribution in [1.29, 1.82) is 0 Å². The number of allylic oxidation sites excluding steroid dienone is 1. The molecular weight excluding hydrogens is 204 g/mol. The molecule has 6 heteroatoms. The van der Waals surface area contributed by atoms with Gasteiger partial charge in [-0.15, -0.1) is 0 Å². The lowest BCUT2D eigenvalue weighted by Gasteiger charge is -2.10. The predicted molar refractivity (Wildman–Crippen MR) is 53.9 cm³/mol. The molecule has 0 amide bonds. The van der Waals surface area contributed by atoms with E-state index in [-0.39, 0.29) is 6.61 Å². The van der Waals surface area contributed by atoms with Gasteiger partial charge in [0, 0.05) is 10.2 Å². The first-order valence-electron chi connectivity index (χ1n) is 4.43. The number of carbonyl (C=O) groups is 1. The van der Waals surface area contributed by atoms with E-state index in [9.17, 15) is 4.79 Å². The van der Waals surface area contributed by atoms with Crippen molar-refractivity contribution in [3.05, 3.63) is 11.3 Å². The summed E-state index contributed by atoms with van der Waals surface area (Å²) >= 11 is 0. The van der Waals surface area contributed by atoms with Crippen molar-refractivity contribution in [2.75, 3.05) is 6.61 Å². The van der Waals surface area contributed by atoms with Crippen LogP contribution >= 0.6 is 0 Å². The zero-order valence-electron chi connectivity index (χ0n) is 8.36. The molecule has 0 bridgehead atoms. The van der Waals surface area contributed by atoms with Crippen LogP contribution in [0, 0.1) is 0 Å². The topological polar surface area (TPSA) is 87.0 Å². The van der Waals surface area contributed by atoms with Crippen LogP contribution in [-0.4, -0.2) is 44.4 Å². The van der Waals surface area contributed by atoms with Crippen molar-refractivity contribution in [3.63, 3.8) is 0 Å². The Labute approximate surface area is 85.4 Å². The van der Waals surface area contributed by atoms with Crippen molar-refractivity contribution < 1.29 is 24.9 Å². The Balaban J connectivity index is 4.27. The Bertz CT molecular complexity index is 220. The van der Waals surface area contributed by atoms with Crippen LogP contribution in [0.1, 0.15) is 13.3 Å². The number of rotatable bonds is 5. The Hall–Kier alpha value is -0.853. The standard InChI is InChI=1S/C8H16O5Si/c1-5(9)6(7(10)11)8(12)13-3-2-4-14/h7,9-11H,2-4H2,1,14H3. The molecule has 0 aliphatic heterocycles. The summed E-state index contributed by atoms with van der Waals surface area (Å²) in [5, 5.41) is 26.5. The smallest absolute Gasteiger partial charge is 0.342 e. The van der Waals surface area contributed by atoms with E-state index in [2.05, 4.69) is 0 Å². The first kappa shape index (κ1) is 13.1. The average molecular weight is 220 g/mol. The highest BCUT2D eigenvalue weighted by Crippen LogP contribution is 2.08. The van der Waals surface area contributed by atoms with Gasteiger partial charge in [-0.3, -0.25) is 0 Å². The van der Waals surface area contributed by atoms with E-state index in [0.717, 1.165) is 22.7 Å². The molecule has 0 atom stereocenters. The van der Waals surface area contributed by atoms with Crippen molar-refractivity contribution >= 4 is 16.2 Å². The van der Waals surface area contributed by atoms with Crippen molar-refractivity contribution in [3.8, 4) is 0 Å². The molecule has 0 saturated heterocycles. The van der Waals surface area contributed by atoms with Crippen LogP contribution < -0.4 is 0 Å². The summed E-state index contributed by atoms with van der Waals surface area (Å²) in [6.45, 7) is 1.44. The monoisotopic (exact) mass is 220 g/mol. The van der Waals surface area contributed by atoms with E-state index >= 15 is 0 Å². The lowest BCUT2D eigenvalue weighted by Crippen LogP contribution is -2.21. The van der Waals surface area contributed by atoms with Crippen molar-refractivity contribution in [2.24, 2.45) is 0 Å². The molecule has 0 radical (unpaired) electrons. The Kier molecular flexibility index (Phi) is 6.18. The first-order valence-corrected chi connectivity index (χ1v) is 5.85. The van der Waals surface area contributed by atoms with Gasteiger partial charge in [0.25, 0.3) is 0 Å². The van der Waals surface area contributed by atoms with Crippen molar-refractivity contribution in [1.82, 2.24) is 0 Å². The van der Waals surface area contributed by atoms with Gasteiger partial charge >= 0.3 is 5.97 Å². The Morgan fingerprint density at radius 1 is 1.50 bits per heavy atom. The zero-order valence-corrected chi connectivity index (χ0v) is 10.4. The van der Waals surface area contributed by atoms with Crippen LogP contribution in [0.4, 0.5) is 0 Å². The van der Waals surface area contributed by atoms with Gasteiger partial charge in [-0.1, -0.05) is 6.04 Å². The third kappa shape index (κ3) is 4.40. The maximum Gasteiger partial charge on any atom is 0.342 e. The maximum atomic E-state index is 11.2. The van der Waals surface area contributed by atoms with Crippen LogP contribution in [0.25, 0.3) is 0 Å². The molecule has 0 heterocycles. The van der Waals surface area contributed by atoms with Gasteiger partial charge in [-0.05, 0) is 13.3 Å². The fourth-order valence-corrected chi connectivity index (χ4v) is 1.12. The third-order valence-electron chi connectivity index (χ3n) is 1.60. The highest BCUT2D eigenvalue weighted by molar-refractivity contribution is 6.08. The van der Waals surface area contributed by atoms with E-state index in [1.54, 1.807) is 0 Å². The van der Waals surface area contributed by atoms with E-state index in [1.807, 2.05) is 0 Å². The molecule has 0 fully saturated rings. The van der Waals surface area contributed by atoms with Gasteiger partial charge in [0.1, 0.15) is 11.3 Å². The number of carbonyl (C=O) groups excluding carboxylic acids is 1. The molecule has 0 aromatic rings. The predicted octanol–water partition coefficient (Wildman–Crippen LogP) is -1.15. The van der Waals surface area contributed by atoms with Crippen molar-refractivity contribution in [2.45, 2.75) is 25.7 Å². The molecule has 0 aromatic carbocycles. The van der Waals surface area contributed by atoms with E-state index in [1.165, 1.54) is 6.92 Å². The largest absolute Gasteiger partial charge is 0.512 e. The number of aliphatic hydroxyl groups excluding tert-OH is 2. The minimum absolute atomic E-state index is 0.242. The molecule has 5 nitrogen and oxygen atoms in total. The summed E-state index contributed by atoms with van der Waals surface area (Å²) < 4.78 is 4.71. The van der Waals surface area contributed by atoms with E-state index < -0.39 is 23.6 Å². The summed E-state index contributed by atoms with van der Waals surface area (Å²) in [4.78, 5) is 11.2. The summed E-state index contributed by atoms with van der Waals surface area (Å²) in [6.07, 6.45) is -1.24. The molecule has 0 spiro atoms. The summed E-state index contributed by atoms with van der Waals surface area (Å²) in [5.41, 5.74) is -0.502. The van der Waals surface area contributed by atoms with E-state index in [0.29, 0.717) is 0 Å². The minimum atomic E-state index is -2.00. The average Bonchev–Trinajstić information content (AvgIpc) is 2.03. The summed E-state index contributed by atoms with van der Waals surface area (Å²) in [6, 6.07) is 1.01. The number of hydrogen-bond acceptors (Lipinski definition) is 5. The van der Waals surface area contributed by atoms with Crippen LogP contribution in [0.5, 0.6) is 0 Å². The molecular formula is C8H16O5Si. The van der Waals surface area contributed by atoms with Gasteiger partial charge in [0.15, 0.2) is 6.29 Å². The minimum Gasteiger partial charge on any atom is -0.512 e. The number of aliphatic hydroxyl groups is 3. The van der Waals surface area contributed by atoms with E-state index in [4.69, 9.17) is 20.1 Å². The van der Waals surface area contributed by atoms with Crippen LogP contribution in [0.15, 0.2) is 11.3 Å². The maximum absolute atomic E-state index is 11.2. The molecule has 0 aliphatic rings. The number of esters is 1. The molecule has 0 aromatic heterocycles. The number of ether oxygens (including phenoxy) is 1. The van der Waals surface area contributed by atoms with Gasteiger partial charge in [-0.25, -0.2) is 4.79 Å². The SMILES string of the molecule is CC(O)=C(C(=O)OCCC[SiH3])C(O)O. The van der Waals surface area contributed by atoms with Crippen LogP contribution in [-0.2, 0) is 9.53 Å². The lowest BCUT2D eigenvalue weighted by molar-refractivity contribution is -0.143. The third-order valence-corrected chi connectivity index (χ3v) is 2.31.